The van der Waals surface area contributed by atoms with Gasteiger partial charge in [0.1, 0.15) is 0 Å². The van der Waals surface area contributed by atoms with Gasteiger partial charge in [-0.25, -0.2) is 0 Å². The van der Waals surface area contributed by atoms with Crippen molar-refractivity contribution in [3.63, 3.8) is 0 Å². The number of nitrogens with zero attached hydrogens (tertiary/aromatic N) is 1. The molecule has 2 fully saturated rings. The standard InChI is InChI=1S/C15H27F3N2S/c1-12(2)13-10-19-14(6-4-3-5-7-14)11-20(13)8-9-21-15(16,17)18/h12-13,19H,3-11H2,1-2H3. The number of hydrogen-bond acceptors (Lipinski definition) is 3. The van der Waals surface area contributed by atoms with E-state index in [0.29, 0.717) is 18.5 Å². The van der Waals surface area contributed by atoms with Crippen LogP contribution in [0.2, 0.25) is 0 Å². The minimum absolute atomic E-state index is 0.114. The highest BCUT2D eigenvalue weighted by molar-refractivity contribution is 8.00. The predicted molar refractivity (Wildman–Crippen MR) is 82.5 cm³/mol. The topological polar surface area (TPSA) is 15.3 Å². The van der Waals surface area contributed by atoms with Gasteiger partial charge in [0.15, 0.2) is 0 Å². The van der Waals surface area contributed by atoms with Crippen LogP contribution in [-0.2, 0) is 0 Å². The summed E-state index contributed by atoms with van der Waals surface area (Å²) in [5.74, 6) is 0.609. The van der Waals surface area contributed by atoms with Crippen molar-refractivity contribution in [2.45, 2.75) is 63.0 Å². The molecule has 1 aliphatic carbocycles. The minimum atomic E-state index is -4.11. The van der Waals surface area contributed by atoms with E-state index in [-0.39, 0.29) is 23.1 Å². The smallest absolute Gasteiger partial charge is 0.308 e. The van der Waals surface area contributed by atoms with Crippen LogP contribution in [0.1, 0.15) is 46.0 Å². The summed E-state index contributed by atoms with van der Waals surface area (Å²) in [6, 6.07) is 0.353. The molecule has 1 aliphatic heterocycles. The zero-order chi connectivity index (χ0) is 15.5. The molecular formula is C15H27F3N2S. The van der Waals surface area contributed by atoms with Gasteiger partial charge in [0, 0.05) is 37.0 Å². The molecule has 2 rings (SSSR count). The van der Waals surface area contributed by atoms with Gasteiger partial charge in [-0.15, -0.1) is 0 Å². The van der Waals surface area contributed by atoms with E-state index in [1.165, 1.54) is 32.1 Å². The lowest BCUT2D eigenvalue weighted by atomic mass is 9.78. The van der Waals surface area contributed by atoms with Gasteiger partial charge < -0.3 is 5.32 Å². The van der Waals surface area contributed by atoms with Gasteiger partial charge in [-0.1, -0.05) is 33.1 Å². The van der Waals surface area contributed by atoms with Crippen molar-refractivity contribution in [1.82, 2.24) is 10.2 Å². The second-order valence-corrected chi connectivity index (χ2v) is 7.96. The Morgan fingerprint density at radius 2 is 1.90 bits per heavy atom. The van der Waals surface area contributed by atoms with Gasteiger partial charge >= 0.3 is 5.51 Å². The van der Waals surface area contributed by atoms with Gasteiger partial charge in [0.05, 0.1) is 0 Å². The lowest BCUT2D eigenvalue weighted by Gasteiger charge is -2.51. The van der Waals surface area contributed by atoms with Gasteiger partial charge in [-0.2, -0.15) is 13.2 Å². The molecule has 1 saturated carbocycles. The normalized spacial score (nSPS) is 27.4. The number of thioether (sulfide) groups is 1. The molecule has 1 saturated heterocycles. The summed E-state index contributed by atoms with van der Waals surface area (Å²) in [6.07, 6.45) is 6.11. The van der Waals surface area contributed by atoms with Crippen LogP contribution in [0.3, 0.4) is 0 Å². The fourth-order valence-corrected chi connectivity index (χ4v) is 4.31. The molecule has 21 heavy (non-hydrogen) atoms. The summed E-state index contributed by atoms with van der Waals surface area (Å²) < 4.78 is 37.0. The Morgan fingerprint density at radius 3 is 2.48 bits per heavy atom. The number of piperazine rings is 1. The summed E-state index contributed by atoms with van der Waals surface area (Å²) in [5.41, 5.74) is -3.95. The molecule has 0 aromatic heterocycles. The van der Waals surface area contributed by atoms with Crippen LogP contribution in [0, 0.1) is 5.92 Å². The first-order chi connectivity index (χ1) is 9.81. The maximum absolute atomic E-state index is 12.3. The largest absolute Gasteiger partial charge is 0.441 e. The number of halogens is 3. The van der Waals surface area contributed by atoms with Gasteiger partial charge in [0.25, 0.3) is 0 Å². The van der Waals surface area contributed by atoms with Crippen molar-refractivity contribution in [2.75, 3.05) is 25.4 Å². The van der Waals surface area contributed by atoms with Crippen LogP contribution in [0.15, 0.2) is 0 Å². The van der Waals surface area contributed by atoms with E-state index in [9.17, 15) is 13.2 Å². The first-order valence-corrected chi connectivity index (χ1v) is 9.00. The fourth-order valence-electron chi connectivity index (χ4n) is 3.76. The zero-order valence-electron chi connectivity index (χ0n) is 13.0. The van der Waals surface area contributed by atoms with E-state index in [2.05, 4.69) is 24.1 Å². The second kappa shape index (κ2) is 7.09. The minimum Gasteiger partial charge on any atom is -0.308 e. The molecule has 2 aliphatic rings. The van der Waals surface area contributed by atoms with Crippen molar-refractivity contribution in [2.24, 2.45) is 5.92 Å². The summed E-state index contributed by atoms with van der Waals surface area (Å²) >= 11 is 0.114. The molecule has 1 spiro atoms. The maximum atomic E-state index is 12.3. The van der Waals surface area contributed by atoms with Gasteiger partial charge in [-0.05, 0) is 30.5 Å². The second-order valence-electron chi connectivity index (χ2n) is 6.80. The van der Waals surface area contributed by atoms with Crippen molar-refractivity contribution < 1.29 is 13.2 Å². The van der Waals surface area contributed by atoms with Crippen LogP contribution in [0.25, 0.3) is 0 Å². The highest BCUT2D eigenvalue weighted by Gasteiger charge is 2.40. The Balaban J connectivity index is 1.94. The van der Waals surface area contributed by atoms with Gasteiger partial charge in [-0.3, -0.25) is 4.90 Å². The monoisotopic (exact) mass is 324 g/mol. The average Bonchev–Trinajstić information content (AvgIpc) is 2.38. The highest BCUT2D eigenvalue weighted by atomic mass is 32.2. The van der Waals surface area contributed by atoms with E-state index >= 15 is 0 Å². The molecule has 0 aromatic carbocycles. The van der Waals surface area contributed by atoms with E-state index in [1.807, 2.05) is 0 Å². The van der Waals surface area contributed by atoms with E-state index < -0.39 is 5.51 Å². The zero-order valence-corrected chi connectivity index (χ0v) is 13.8. The van der Waals surface area contributed by atoms with Crippen LogP contribution in [0.4, 0.5) is 13.2 Å². The van der Waals surface area contributed by atoms with E-state index in [1.54, 1.807) is 0 Å². The molecule has 0 aromatic rings. The molecule has 6 heteroatoms. The third-order valence-electron chi connectivity index (χ3n) is 4.89. The first kappa shape index (κ1) is 17.4. The summed E-state index contributed by atoms with van der Waals surface area (Å²) in [4.78, 5) is 2.31. The number of nitrogens with one attached hydrogen (secondary N) is 1. The third-order valence-corrected chi connectivity index (χ3v) is 5.60. The summed E-state index contributed by atoms with van der Waals surface area (Å²) in [5, 5.41) is 3.73. The molecule has 0 amide bonds. The lowest BCUT2D eigenvalue weighted by molar-refractivity contribution is -0.0331. The van der Waals surface area contributed by atoms with Crippen LogP contribution >= 0.6 is 11.8 Å². The number of rotatable bonds is 4. The number of alkyl halides is 3. The molecule has 2 nitrogen and oxygen atoms in total. The van der Waals surface area contributed by atoms with Crippen LogP contribution in [-0.4, -0.2) is 47.4 Å². The molecule has 124 valence electrons. The number of hydrogen-bond donors (Lipinski definition) is 1. The molecule has 1 atom stereocenters. The predicted octanol–water partition coefficient (Wildman–Crippen LogP) is 3.87. The molecule has 1 N–H and O–H groups in total. The molecular weight excluding hydrogens is 297 g/mol. The molecule has 0 bridgehead atoms. The van der Waals surface area contributed by atoms with Crippen molar-refractivity contribution in [3.05, 3.63) is 0 Å². The van der Waals surface area contributed by atoms with Crippen LogP contribution < -0.4 is 5.32 Å². The van der Waals surface area contributed by atoms with Crippen molar-refractivity contribution in [3.8, 4) is 0 Å². The Labute approximate surface area is 130 Å². The van der Waals surface area contributed by atoms with Crippen molar-refractivity contribution >= 4 is 11.8 Å². The Morgan fingerprint density at radius 1 is 1.24 bits per heavy atom. The lowest BCUT2D eigenvalue weighted by Crippen LogP contribution is -2.66. The molecule has 1 unspecified atom stereocenters. The molecule has 1 heterocycles. The highest BCUT2D eigenvalue weighted by Crippen LogP contribution is 2.34. The van der Waals surface area contributed by atoms with Crippen LogP contribution in [0.5, 0.6) is 0 Å². The van der Waals surface area contributed by atoms with E-state index in [0.717, 1.165) is 13.1 Å². The first-order valence-electron chi connectivity index (χ1n) is 8.01. The maximum Gasteiger partial charge on any atom is 0.441 e. The third kappa shape index (κ3) is 5.03. The Kier molecular flexibility index (Phi) is 5.88. The Bertz CT molecular complexity index is 327. The quantitative estimate of drug-likeness (QED) is 0.845. The fraction of sp³-hybridized carbons (Fsp3) is 1.00. The van der Waals surface area contributed by atoms with Crippen molar-refractivity contribution in [1.29, 1.82) is 0 Å². The summed E-state index contributed by atoms with van der Waals surface area (Å²) in [7, 11) is 0. The average molecular weight is 324 g/mol. The SMILES string of the molecule is CC(C)C1CNC2(CCCCC2)CN1CCSC(F)(F)F. The summed E-state index contributed by atoms with van der Waals surface area (Å²) in [6.45, 7) is 6.68. The van der Waals surface area contributed by atoms with Gasteiger partial charge in [0.2, 0.25) is 0 Å². The Hall–Kier alpha value is 0.0600. The molecule has 0 radical (unpaired) electrons. The van der Waals surface area contributed by atoms with E-state index in [4.69, 9.17) is 0 Å².